The van der Waals surface area contributed by atoms with Gasteiger partial charge in [0.15, 0.2) is 0 Å². The highest BCUT2D eigenvalue weighted by Gasteiger charge is 2.39. The van der Waals surface area contributed by atoms with Crippen LogP contribution < -0.4 is 5.32 Å². The van der Waals surface area contributed by atoms with E-state index < -0.39 is 16.1 Å². The minimum atomic E-state index is -3.86. The summed E-state index contributed by atoms with van der Waals surface area (Å²) >= 11 is 0. The maximum absolute atomic E-state index is 13.6. The van der Waals surface area contributed by atoms with Crippen molar-refractivity contribution in [1.82, 2.24) is 4.31 Å². The van der Waals surface area contributed by atoms with E-state index in [2.05, 4.69) is 19.2 Å². The van der Waals surface area contributed by atoms with Crippen LogP contribution in [0.2, 0.25) is 0 Å². The Hall–Kier alpha value is -2.96. The first-order valence-corrected chi connectivity index (χ1v) is 12.3. The number of rotatable bonds is 5. The first-order chi connectivity index (χ1) is 15.3. The number of carbonyl (C=O) groups is 1. The number of anilines is 1. The van der Waals surface area contributed by atoms with E-state index in [1.54, 1.807) is 18.2 Å². The van der Waals surface area contributed by atoms with Crippen molar-refractivity contribution < 1.29 is 13.2 Å². The molecule has 0 saturated heterocycles. The normalized spacial score (nSPS) is 16.6. The lowest BCUT2D eigenvalue weighted by Gasteiger charge is -2.35. The molecule has 3 aromatic rings. The molecule has 4 rings (SSSR count). The number of nitrogens with zero attached hydrogens (tertiary/aromatic N) is 1. The van der Waals surface area contributed by atoms with Gasteiger partial charge in [0.05, 0.1) is 4.90 Å². The van der Waals surface area contributed by atoms with E-state index in [-0.39, 0.29) is 17.3 Å². The minimum Gasteiger partial charge on any atom is -0.325 e. The summed E-state index contributed by atoms with van der Waals surface area (Å²) in [6.07, 6.45) is 0.330. The molecule has 0 aromatic heterocycles. The lowest BCUT2D eigenvalue weighted by molar-refractivity contribution is -0.120. The third-order valence-electron chi connectivity index (χ3n) is 5.95. The van der Waals surface area contributed by atoms with Gasteiger partial charge in [-0.2, -0.15) is 4.31 Å². The van der Waals surface area contributed by atoms with Crippen molar-refractivity contribution in [3.05, 3.63) is 95.1 Å². The van der Waals surface area contributed by atoms with E-state index in [1.165, 1.54) is 9.87 Å². The molecule has 5 nitrogen and oxygen atoms in total. The molecule has 0 spiro atoms. The Morgan fingerprint density at radius 3 is 2.31 bits per heavy atom. The predicted octanol–water partition coefficient (Wildman–Crippen LogP) is 4.87. The van der Waals surface area contributed by atoms with Crippen molar-refractivity contribution in [2.75, 3.05) is 5.32 Å². The van der Waals surface area contributed by atoms with E-state index in [1.807, 2.05) is 61.5 Å². The summed E-state index contributed by atoms with van der Waals surface area (Å²) in [7, 11) is -3.86. The van der Waals surface area contributed by atoms with Crippen LogP contribution in [0.25, 0.3) is 0 Å². The van der Waals surface area contributed by atoms with E-state index >= 15 is 0 Å². The van der Waals surface area contributed by atoms with Gasteiger partial charge in [0.25, 0.3) is 0 Å². The van der Waals surface area contributed by atoms with Gasteiger partial charge in [0, 0.05) is 12.2 Å². The average molecular weight is 449 g/mol. The number of hydrogen-bond acceptors (Lipinski definition) is 3. The second kappa shape index (κ2) is 8.88. The van der Waals surface area contributed by atoms with Crippen molar-refractivity contribution in [2.45, 2.75) is 50.6 Å². The highest BCUT2D eigenvalue weighted by atomic mass is 32.2. The number of hydrogen-bond donors (Lipinski definition) is 1. The molecule has 0 fully saturated rings. The Kier molecular flexibility index (Phi) is 6.17. The number of aryl methyl sites for hydroxylation is 1. The van der Waals surface area contributed by atoms with Gasteiger partial charge in [-0.15, -0.1) is 0 Å². The van der Waals surface area contributed by atoms with E-state index in [9.17, 15) is 13.2 Å². The summed E-state index contributed by atoms with van der Waals surface area (Å²) < 4.78 is 28.5. The highest BCUT2D eigenvalue weighted by molar-refractivity contribution is 7.89. The lowest BCUT2D eigenvalue weighted by Crippen LogP contribution is -2.50. The molecule has 3 aromatic carbocycles. The first kappa shape index (κ1) is 22.2. The third kappa shape index (κ3) is 4.47. The zero-order valence-corrected chi connectivity index (χ0v) is 19.4. The Balaban J connectivity index is 1.67. The van der Waals surface area contributed by atoms with Gasteiger partial charge in [0.2, 0.25) is 15.9 Å². The molecule has 0 bridgehead atoms. The fourth-order valence-corrected chi connectivity index (χ4v) is 5.73. The molecule has 1 aliphatic rings. The Morgan fingerprint density at radius 2 is 1.66 bits per heavy atom. The summed E-state index contributed by atoms with van der Waals surface area (Å²) in [6, 6.07) is 21.4. The zero-order valence-electron chi connectivity index (χ0n) is 18.6. The van der Waals surface area contributed by atoms with Gasteiger partial charge in [-0.25, -0.2) is 8.42 Å². The van der Waals surface area contributed by atoms with E-state index in [0.717, 1.165) is 16.7 Å². The molecule has 0 aliphatic carbocycles. The molecular weight excluding hydrogens is 420 g/mol. The Morgan fingerprint density at radius 1 is 0.969 bits per heavy atom. The molecule has 166 valence electrons. The van der Waals surface area contributed by atoms with Gasteiger partial charge < -0.3 is 5.32 Å². The van der Waals surface area contributed by atoms with Crippen LogP contribution in [0.1, 0.15) is 42.0 Å². The summed E-state index contributed by atoms with van der Waals surface area (Å²) in [6.45, 7) is 6.24. The minimum absolute atomic E-state index is 0.164. The van der Waals surface area contributed by atoms with Crippen LogP contribution in [0.5, 0.6) is 0 Å². The van der Waals surface area contributed by atoms with Crippen LogP contribution in [0.3, 0.4) is 0 Å². The van der Waals surface area contributed by atoms with E-state index in [0.29, 0.717) is 18.0 Å². The maximum Gasteiger partial charge on any atom is 0.244 e. The monoisotopic (exact) mass is 448 g/mol. The quantitative estimate of drug-likeness (QED) is 0.605. The van der Waals surface area contributed by atoms with E-state index in [4.69, 9.17) is 0 Å². The molecule has 1 heterocycles. The second-order valence-electron chi connectivity index (χ2n) is 8.62. The number of nitrogens with one attached hydrogen (secondary N) is 1. The lowest BCUT2D eigenvalue weighted by atomic mass is 9.95. The maximum atomic E-state index is 13.6. The van der Waals surface area contributed by atoms with Crippen molar-refractivity contribution in [3.8, 4) is 0 Å². The van der Waals surface area contributed by atoms with Crippen molar-refractivity contribution in [3.63, 3.8) is 0 Å². The molecule has 1 atom stereocenters. The van der Waals surface area contributed by atoms with Gasteiger partial charge >= 0.3 is 0 Å². The van der Waals surface area contributed by atoms with Crippen molar-refractivity contribution in [2.24, 2.45) is 0 Å². The van der Waals surface area contributed by atoms with Crippen LogP contribution in [0, 0.1) is 6.92 Å². The molecular formula is C26H28N2O3S. The van der Waals surface area contributed by atoms with Gasteiger partial charge in [0.1, 0.15) is 6.04 Å². The number of carbonyl (C=O) groups excluding carboxylic acids is 1. The Bertz CT molecular complexity index is 1230. The standard InChI is InChI=1S/C26H28N2O3S/c1-18(2)20-11-13-23(14-12-20)27-26(29)25-16-21-8-4-5-9-22(21)17-28(25)32(30,31)24-10-6-7-19(3)15-24/h4-15,18,25H,16-17H2,1-3H3,(H,27,29)/t25-/m1/s1. The van der Waals surface area contributed by atoms with Crippen LogP contribution in [0.4, 0.5) is 5.69 Å². The highest BCUT2D eigenvalue weighted by Crippen LogP contribution is 2.30. The number of sulfonamides is 1. The van der Waals surface area contributed by atoms with Crippen LogP contribution in [-0.4, -0.2) is 24.7 Å². The topological polar surface area (TPSA) is 66.5 Å². The van der Waals surface area contributed by atoms with Gasteiger partial charge in [-0.1, -0.05) is 62.4 Å². The molecule has 0 saturated carbocycles. The Labute approximate surface area is 190 Å². The zero-order chi connectivity index (χ0) is 22.9. The predicted molar refractivity (Wildman–Crippen MR) is 127 cm³/mol. The number of amides is 1. The van der Waals surface area contributed by atoms with Gasteiger partial charge in [-0.05, 0) is 65.8 Å². The van der Waals surface area contributed by atoms with Crippen molar-refractivity contribution >= 4 is 21.6 Å². The fourth-order valence-electron chi connectivity index (χ4n) is 4.06. The summed E-state index contributed by atoms with van der Waals surface area (Å²) in [4.78, 5) is 13.5. The summed E-state index contributed by atoms with van der Waals surface area (Å²) in [5, 5.41) is 2.93. The number of fused-ring (bicyclic) bond motifs is 1. The molecule has 6 heteroatoms. The number of benzene rings is 3. The molecule has 1 N–H and O–H groups in total. The molecule has 1 aliphatic heterocycles. The molecule has 1 amide bonds. The van der Waals surface area contributed by atoms with Crippen LogP contribution >= 0.6 is 0 Å². The van der Waals surface area contributed by atoms with Crippen LogP contribution in [-0.2, 0) is 27.8 Å². The largest absolute Gasteiger partial charge is 0.325 e. The summed E-state index contributed by atoms with van der Waals surface area (Å²) in [5.74, 6) is 0.0672. The molecule has 0 radical (unpaired) electrons. The fraction of sp³-hybridized carbons (Fsp3) is 0.269. The van der Waals surface area contributed by atoms with Crippen LogP contribution in [0.15, 0.2) is 77.7 Å². The first-order valence-electron chi connectivity index (χ1n) is 10.8. The summed E-state index contributed by atoms with van der Waals surface area (Å²) in [5.41, 5.74) is 4.62. The van der Waals surface area contributed by atoms with Crippen molar-refractivity contribution in [1.29, 1.82) is 0 Å². The smallest absolute Gasteiger partial charge is 0.244 e. The molecule has 0 unspecified atom stereocenters. The SMILES string of the molecule is Cc1cccc(S(=O)(=O)N2Cc3ccccc3C[C@@H]2C(=O)Nc2ccc(C(C)C)cc2)c1. The third-order valence-corrected chi connectivity index (χ3v) is 7.80. The second-order valence-corrected chi connectivity index (χ2v) is 10.5. The van der Waals surface area contributed by atoms with Gasteiger partial charge in [-0.3, -0.25) is 4.79 Å². The molecule has 32 heavy (non-hydrogen) atoms. The average Bonchev–Trinajstić information content (AvgIpc) is 2.78.